The molecule has 0 aromatic heterocycles. The van der Waals surface area contributed by atoms with Gasteiger partial charge in [-0.05, 0) is 24.5 Å². The van der Waals surface area contributed by atoms with Crippen LogP contribution in [0.1, 0.15) is 37.7 Å². The van der Waals surface area contributed by atoms with Crippen LogP contribution >= 0.6 is 0 Å². The summed E-state index contributed by atoms with van der Waals surface area (Å²) in [5, 5.41) is 3.06. The number of rotatable bonds is 3. The van der Waals surface area contributed by atoms with Gasteiger partial charge in [0.2, 0.25) is 5.91 Å². The summed E-state index contributed by atoms with van der Waals surface area (Å²) >= 11 is 0. The van der Waals surface area contributed by atoms with Crippen molar-refractivity contribution in [2.24, 2.45) is 0 Å². The molecular formula is C22H24MnNO3. The maximum Gasteiger partial charge on any atom is 0.00506 e. The first-order valence-corrected chi connectivity index (χ1v) is 8.46. The zero-order valence-corrected chi connectivity index (χ0v) is 16.3. The number of hydrogen-bond acceptors (Lipinski definition) is 1. The summed E-state index contributed by atoms with van der Waals surface area (Å²) in [5.41, 5.74) is 1.06. The molecule has 5 heteroatoms. The second-order valence-electron chi connectivity index (χ2n) is 5.55. The first-order chi connectivity index (χ1) is 12.8. The van der Waals surface area contributed by atoms with Crippen molar-refractivity contribution in [1.82, 2.24) is 5.32 Å². The Morgan fingerprint density at radius 3 is 1.96 bits per heavy atom. The number of nitrogens with one attached hydrogen (secondary N) is 1. The molecular weight excluding hydrogens is 381 g/mol. The number of benzene rings is 1. The van der Waals surface area contributed by atoms with Gasteiger partial charge in [0.05, 0.1) is 0 Å². The third-order valence-electron chi connectivity index (χ3n) is 3.73. The van der Waals surface area contributed by atoms with E-state index in [0.717, 1.165) is 18.4 Å². The Balaban J connectivity index is 0. The standard InChI is InChI=1S/C15H19NO.C5H5.2CO.Mn/c17-15(16-14-9-5-2-6-10-14)12-11-13-7-3-1-4-8-13;1-2-4-5-3-1;2*1-2;/h1,3-4,7-8,11-12,14H,2,5-6,9-10H2,(H,16,17);1-5H;;;. The molecule has 3 rings (SSSR count). The van der Waals surface area contributed by atoms with E-state index in [1.54, 1.807) is 6.08 Å². The second-order valence-corrected chi connectivity index (χ2v) is 5.55. The van der Waals surface area contributed by atoms with Crippen LogP contribution in [0, 0.1) is 19.7 Å². The van der Waals surface area contributed by atoms with Crippen LogP contribution in [0.2, 0.25) is 0 Å². The Labute approximate surface area is 172 Å². The first kappa shape index (κ1) is 27.1. The number of carbonyl (C=O) groups is 1. The van der Waals surface area contributed by atoms with Crippen LogP contribution in [0.15, 0.2) is 60.7 Å². The maximum atomic E-state index is 11.7. The van der Waals surface area contributed by atoms with Crippen molar-refractivity contribution in [1.29, 1.82) is 0 Å². The van der Waals surface area contributed by atoms with E-state index in [2.05, 4.69) is 18.6 Å². The molecule has 1 aromatic rings. The van der Waals surface area contributed by atoms with Crippen LogP contribution < -0.4 is 5.32 Å². The summed E-state index contributed by atoms with van der Waals surface area (Å²) < 4.78 is 15.0. The van der Waals surface area contributed by atoms with Crippen LogP contribution in [-0.2, 0) is 31.2 Å². The largest absolute Gasteiger partial charge is 0.0767 e. The van der Waals surface area contributed by atoms with E-state index in [9.17, 15) is 4.79 Å². The Hall–Kier alpha value is -2.09. The molecule has 2 radical (unpaired) electrons. The van der Waals surface area contributed by atoms with E-state index in [0.29, 0.717) is 6.04 Å². The van der Waals surface area contributed by atoms with Gasteiger partial charge in [-0.25, -0.2) is 0 Å². The average Bonchev–Trinajstić information content (AvgIpc) is 3.31. The third-order valence-corrected chi connectivity index (χ3v) is 3.73. The van der Waals surface area contributed by atoms with Gasteiger partial charge >= 0.3 is 22.6 Å². The van der Waals surface area contributed by atoms with Crippen LogP contribution in [0.4, 0.5) is 0 Å². The van der Waals surface area contributed by atoms with Crippen molar-refractivity contribution < 1.29 is 31.2 Å². The Morgan fingerprint density at radius 1 is 0.926 bits per heavy atom. The minimum atomic E-state index is 0. The minimum absolute atomic E-state index is 0. The fraction of sp³-hybridized carbons (Fsp3) is 0.273. The van der Waals surface area contributed by atoms with Gasteiger partial charge in [0.25, 0.3) is 0 Å². The normalized spacial score (nSPS) is 14.2. The van der Waals surface area contributed by atoms with Gasteiger partial charge in [0.1, 0.15) is 0 Å². The summed E-state index contributed by atoms with van der Waals surface area (Å²) in [6.45, 7) is 9.00. The van der Waals surface area contributed by atoms with E-state index >= 15 is 0 Å². The van der Waals surface area contributed by atoms with E-state index in [1.807, 2.05) is 67.1 Å². The fourth-order valence-electron chi connectivity index (χ4n) is 2.55. The topological polar surface area (TPSA) is 68.9 Å². The first-order valence-electron chi connectivity index (χ1n) is 8.46. The van der Waals surface area contributed by atoms with Crippen molar-refractivity contribution >= 4 is 12.0 Å². The Bertz CT molecular complexity index is 596. The van der Waals surface area contributed by atoms with Gasteiger partial charge in [0.15, 0.2) is 0 Å². The molecule has 0 unspecified atom stereocenters. The molecule has 4 nitrogen and oxygen atoms in total. The van der Waals surface area contributed by atoms with Gasteiger partial charge in [-0.3, -0.25) is 4.79 Å². The monoisotopic (exact) mass is 405 g/mol. The van der Waals surface area contributed by atoms with Crippen molar-refractivity contribution in [2.45, 2.75) is 38.1 Å². The SMILES string of the molecule is O=C(C=Cc1ccccc1)NC1CCCCC1.[C-]#[O+].[C-]#[O+].[CH]1C=CC=C1.[Mn]. The number of hydrogen-bond donors (Lipinski definition) is 1. The minimum Gasteiger partial charge on any atom is -0.0767 e. The molecule has 0 aliphatic heterocycles. The smallest absolute Gasteiger partial charge is 0.00506 e. The average molecular weight is 405 g/mol. The third kappa shape index (κ3) is 14.7. The molecule has 1 fully saturated rings. The summed E-state index contributed by atoms with van der Waals surface area (Å²) in [4.78, 5) is 11.7. The van der Waals surface area contributed by atoms with E-state index in [-0.39, 0.29) is 23.0 Å². The molecule has 0 saturated heterocycles. The molecule has 142 valence electrons. The van der Waals surface area contributed by atoms with Crippen molar-refractivity contribution in [3.63, 3.8) is 0 Å². The molecule has 2 aliphatic rings. The predicted molar refractivity (Wildman–Crippen MR) is 101 cm³/mol. The number of amides is 1. The molecule has 1 aromatic carbocycles. The summed E-state index contributed by atoms with van der Waals surface area (Å²) in [6, 6.07) is 10.3. The zero-order valence-electron chi connectivity index (χ0n) is 15.1. The predicted octanol–water partition coefficient (Wildman–Crippen LogP) is 4.39. The fourth-order valence-corrected chi connectivity index (χ4v) is 2.55. The molecule has 0 heterocycles. The summed E-state index contributed by atoms with van der Waals surface area (Å²) in [5.74, 6) is 0.0285. The van der Waals surface area contributed by atoms with Crippen LogP contribution in [0.25, 0.3) is 6.08 Å². The molecule has 1 saturated carbocycles. The van der Waals surface area contributed by atoms with Gasteiger partial charge < -0.3 is 5.32 Å². The molecule has 0 spiro atoms. The van der Waals surface area contributed by atoms with Crippen LogP contribution in [0.3, 0.4) is 0 Å². The van der Waals surface area contributed by atoms with Gasteiger partial charge in [-0.2, -0.15) is 0 Å². The van der Waals surface area contributed by atoms with Gasteiger partial charge in [-0.15, -0.1) is 0 Å². The Morgan fingerprint density at radius 2 is 1.48 bits per heavy atom. The summed E-state index contributed by atoms with van der Waals surface area (Å²) in [6.07, 6.45) is 19.5. The van der Waals surface area contributed by atoms with Crippen molar-refractivity contribution in [3.8, 4) is 0 Å². The molecule has 2 aliphatic carbocycles. The second kappa shape index (κ2) is 20.2. The van der Waals surface area contributed by atoms with Crippen LogP contribution in [0.5, 0.6) is 0 Å². The quantitative estimate of drug-likeness (QED) is 0.345. The molecule has 1 amide bonds. The van der Waals surface area contributed by atoms with Crippen LogP contribution in [-0.4, -0.2) is 11.9 Å². The van der Waals surface area contributed by atoms with Crippen molar-refractivity contribution in [3.05, 3.63) is 86.0 Å². The van der Waals surface area contributed by atoms with Gasteiger partial charge in [-0.1, -0.05) is 73.9 Å². The maximum absolute atomic E-state index is 11.7. The van der Waals surface area contributed by atoms with Crippen molar-refractivity contribution in [2.75, 3.05) is 0 Å². The van der Waals surface area contributed by atoms with Gasteiger partial charge in [0, 0.05) is 35.6 Å². The summed E-state index contributed by atoms with van der Waals surface area (Å²) in [7, 11) is 0. The number of allylic oxidation sites excluding steroid dienone is 4. The van der Waals surface area contributed by atoms with E-state index < -0.39 is 0 Å². The Kier molecular flexibility index (Phi) is 20.3. The zero-order chi connectivity index (χ0) is 19.5. The molecule has 0 atom stereocenters. The molecule has 0 bridgehead atoms. The van der Waals surface area contributed by atoms with E-state index in [4.69, 9.17) is 9.30 Å². The molecule has 1 N–H and O–H groups in total. The van der Waals surface area contributed by atoms with E-state index in [1.165, 1.54) is 19.3 Å². The number of carbonyl (C=O) groups excluding carboxylic acids is 1. The molecule has 27 heavy (non-hydrogen) atoms.